The molecule has 4 rings (SSSR count). The van der Waals surface area contributed by atoms with Gasteiger partial charge in [-0.1, -0.05) is 12.1 Å². The van der Waals surface area contributed by atoms with E-state index in [0.717, 1.165) is 16.8 Å². The van der Waals surface area contributed by atoms with Crippen molar-refractivity contribution in [2.75, 3.05) is 7.05 Å². The molecule has 0 radical (unpaired) electrons. The highest BCUT2D eigenvalue weighted by molar-refractivity contribution is 6.01. The van der Waals surface area contributed by atoms with E-state index < -0.39 is 0 Å². The zero-order valence-corrected chi connectivity index (χ0v) is 16.1. The van der Waals surface area contributed by atoms with E-state index in [1.165, 1.54) is 7.05 Å². The molecular weight excluding hydrogens is 368 g/mol. The molecule has 4 aromatic rings. The van der Waals surface area contributed by atoms with E-state index in [1.807, 2.05) is 37.4 Å². The van der Waals surface area contributed by atoms with Crippen molar-refractivity contribution in [3.63, 3.8) is 0 Å². The minimum atomic E-state index is -0.302. The molecule has 2 amide bonds. The Morgan fingerprint density at radius 1 is 1.10 bits per heavy atom. The van der Waals surface area contributed by atoms with Gasteiger partial charge in [0.15, 0.2) is 5.65 Å². The predicted molar refractivity (Wildman–Crippen MR) is 108 cm³/mol. The number of nitrogens with one attached hydrogen (secondary N) is 2. The van der Waals surface area contributed by atoms with Crippen molar-refractivity contribution in [1.29, 1.82) is 0 Å². The van der Waals surface area contributed by atoms with Crippen LogP contribution in [-0.4, -0.2) is 38.0 Å². The quantitative estimate of drug-likeness (QED) is 0.548. The topological polar surface area (TPSA) is 93.3 Å². The predicted octanol–water partition coefficient (Wildman–Crippen LogP) is 2.12. The molecule has 0 saturated carbocycles. The van der Waals surface area contributed by atoms with Crippen LogP contribution in [0.25, 0.3) is 11.3 Å². The summed E-state index contributed by atoms with van der Waals surface area (Å²) in [6, 6.07) is 11.4. The molecular formula is C21H20N6O2. The van der Waals surface area contributed by atoms with Crippen LogP contribution in [0, 0.1) is 6.92 Å². The average molecular weight is 388 g/mol. The van der Waals surface area contributed by atoms with Crippen LogP contribution in [0.4, 0.5) is 0 Å². The number of hydrogen-bond donors (Lipinski definition) is 2. The van der Waals surface area contributed by atoms with Crippen LogP contribution in [0.3, 0.4) is 0 Å². The number of nitrogens with zero attached hydrogens (tertiary/aromatic N) is 4. The molecule has 146 valence electrons. The van der Waals surface area contributed by atoms with Crippen LogP contribution in [0.1, 0.15) is 32.0 Å². The summed E-state index contributed by atoms with van der Waals surface area (Å²) >= 11 is 0. The van der Waals surface area contributed by atoms with Crippen LogP contribution in [0.2, 0.25) is 0 Å². The lowest BCUT2D eigenvalue weighted by atomic mass is 10.2. The number of carbonyl (C=O) groups is 2. The fourth-order valence-corrected chi connectivity index (χ4v) is 3.07. The molecule has 0 bridgehead atoms. The molecule has 3 aromatic heterocycles. The van der Waals surface area contributed by atoms with Gasteiger partial charge >= 0.3 is 0 Å². The summed E-state index contributed by atoms with van der Waals surface area (Å²) in [5.41, 5.74) is 4.07. The first-order chi connectivity index (χ1) is 14.0. The first-order valence-electron chi connectivity index (χ1n) is 9.14. The standard InChI is InChI=1S/C21H20N6O2/c1-14-5-3-6-16(9-14)27-12-15(11-24-27)10-23-20(28)17-7-4-8-26-13-18(21(29)22-2)25-19(17)26/h3-9,11-13H,10H2,1-2H3,(H,22,29)(H,23,28). The Morgan fingerprint density at radius 3 is 2.76 bits per heavy atom. The van der Waals surface area contributed by atoms with Gasteiger partial charge < -0.3 is 15.0 Å². The van der Waals surface area contributed by atoms with Gasteiger partial charge in [-0.25, -0.2) is 9.67 Å². The molecule has 3 heterocycles. The lowest BCUT2D eigenvalue weighted by Crippen LogP contribution is -2.23. The summed E-state index contributed by atoms with van der Waals surface area (Å²) in [6.07, 6.45) is 6.95. The Labute approximate surface area is 167 Å². The number of fused-ring (bicyclic) bond motifs is 1. The molecule has 0 saturated heterocycles. The Balaban J connectivity index is 1.50. The number of aromatic nitrogens is 4. The third kappa shape index (κ3) is 3.73. The number of hydrogen-bond acceptors (Lipinski definition) is 4. The first kappa shape index (κ1) is 18.4. The third-order valence-corrected chi connectivity index (χ3v) is 4.54. The van der Waals surface area contributed by atoms with Gasteiger partial charge in [0.25, 0.3) is 11.8 Å². The van der Waals surface area contributed by atoms with E-state index in [4.69, 9.17) is 0 Å². The molecule has 0 aliphatic heterocycles. The minimum absolute atomic E-state index is 0.257. The summed E-state index contributed by atoms with van der Waals surface area (Å²) < 4.78 is 3.44. The molecule has 0 unspecified atom stereocenters. The number of imidazole rings is 1. The third-order valence-electron chi connectivity index (χ3n) is 4.54. The first-order valence-corrected chi connectivity index (χ1v) is 9.14. The summed E-state index contributed by atoms with van der Waals surface area (Å²) in [5, 5.41) is 9.79. The molecule has 0 aliphatic rings. The highest BCUT2D eigenvalue weighted by Crippen LogP contribution is 2.13. The van der Waals surface area contributed by atoms with Gasteiger partial charge in [-0.05, 0) is 36.8 Å². The van der Waals surface area contributed by atoms with Gasteiger partial charge in [0.05, 0.1) is 17.4 Å². The maximum absolute atomic E-state index is 12.7. The monoisotopic (exact) mass is 388 g/mol. The summed E-state index contributed by atoms with van der Waals surface area (Å²) in [7, 11) is 1.54. The smallest absolute Gasteiger partial charge is 0.271 e. The van der Waals surface area contributed by atoms with Gasteiger partial charge in [0, 0.05) is 37.7 Å². The van der Waals surface area contributed by atoms with Gasteiger partial charge in [-0.3, -0.25) is 9.59 Å². The number of carbonyl (C=O) groups excluding carboxylic acids is 2. The lowest BCUT2D eigenvalue weighted by molar-refractivity contribution is 0.0945. The van der Waals surface area contributed by atoms with E-state index in [1.54, 1.807) is 39.8 Å². The second-order valence-corrected chi connectivity index (χ2v) is 6.67. The van der Waals surface area contributed by atoms with E-state index in [-0.39, 0.29) is 17.5 Å². The fourth-order valence-electron chi connectivity index (χ4n) is 3.07. The van der Waals surface area contributed by atoms with Crippen LogP contribution in [-0.2, 0) is 6.54 Å². The lowest BCUT2D eigenvalue weighted by Gasteiger charge is -2.05. The molecule has 8 heteroatoms. The summed E-state index contributed by atoms with van der Waals surface area (Å²) in [5.74, 6) is -0.573. The van der Waals surface area contributed by atoms with Gasteiger partial charge in [-0.15, -0.1) is 0 Å². The van der Waals surface area contributed by atoms with E-state index in [0.29, 0.717) is 17.8 Å². The van der Waals surface area contributed by atoms with Crippen molar-refractivity contribution in [1.82, 2.24) is 29.8 Å². The Kier molecular flexibility index (Phi) is 4.82. The summed E-state index contributed by atoms with van der Waals surface area (Å²) in [4.78, 5) is 28.8. The maximum atomic E-state index is 12.7. The molecule has 0 aliphatic carbocycles. The number of rotatable bonds is 5. The number of pyridine rings is 1. The molecule has 29 heavy (non-hydrogen) atoms. The Hall–Kier alpha value is -3.94. The van der Waals surface area contributed by atoms with E-state index in [9.17, 15) is 9.59 Å². The van der Waals surface area contributed by atoms with Crippen molar-refractivity contribution < 1.29 is 9.59 Å². The van der Waals surface area contributed by atoms with Gasteiger partial charge in [0.1, 0.15) is 5.69 Å². The second kappa shape index (κ2) is 7.59. The van der Waals surface area contributed by atoms with Crippen molar-refractivity contribution in [3.8, 4) is 5.69 Å². The normalized spacial score (nSPS) is 10.8. The van der Waals surface area contributed by atoms with Crippen molar-refractivity contribution in [2.24, 2.45) is 0 Å². The van der Waals surface area contributed by atoms with Crippen LogP contribution < -0.4 is 10.6 Å². The zero-order valence-electron chi connectivity index (χ0n) is 16.1. The fraction of sp³-hybridized carbons (Fsp3) is 0.143. The van der Waals surface area contributed by atoms with Crippen LogP contribution >= 0.6 is 0 Å². The number of aryl methyl sites for hydroxylation is 1. The molecule has 2 N–H and O–H groups in total. The average Bonchev–Trinajstić information content (AvgIpc) is 3.38. The maximum Gasteiger partial charge on any atom is 0.271 e. The Bertz CT molecular complexity index is 1210. The molecule has 0 atom stereocenters. The van der Waals surface area contributed by atoms with Crippen molar-refractivity contribution in [3.05, 3.63) is 83.6 Å². The van der Waals surface area contributed by atoms with E-state index in [2.05, 4.69) is 20.7 Å². The summed E-state index contributed by atoms with van der Waals surface area (Å²) in [6.45, 7) is 2.36. The number of amides is 2. The van der Waals surface area contributed by atoms with Gasteiger partial charge in [0.2, 0.25) is 0 Å². The van der Waals surface area contributed by atoms with Crippen molar-refractivity contribution in [2.45, 2.75) is 13.5 Å². The molecule has 1 aromatic carbocycles. The Morgan fingerprint density at radius 2 is 1.97 bits per heavy atom. The van der Waals surface area contributed by atoms with Crippen LogP contribution in [0.5, 0.6) is 0 Å². The highest BCUT2D eigenvalue weighted by atomic mass is 16.2. The molecule has 0 spiro atoms. The number of benzene rings is 1. The largest absolute Gasteiger partial charge is 0.354 e. The zero-order chi connectivity index (χ0) is 20.4. The second-order valence-electron chi connectivity index (χ2n) is 6.67. The highest BCUT2D eigenvalue weighted by Gasteiger charge is 2.16. The van der Waals surface area contributed by atoms with E-state index >= 15 is 0 Å². The van der Waals surface area contributed by atoms with Crippen LogP contribution in [0.15, 0.2) is 61.2 Å². The van der Waals surface area contributed by atoms with Crippen molar-refractivity contribution >= 4 is 17.5 Å². The molecule has 8 nitrogen and oxygen atoms in total. The minimum Gasteiger partial charge on any atom is -0.354 e. The SMILES string of the molecule is CNC(=O)c1cn2cccc(C(=O)NCc3cnn(-c4cccc(C)c4)c3)c2n1. The van der Waals surface area contributed by atoms with Gasteiger partial charge in [-0.2, -0.15) is 5.10 Å². The molecule has 0 fully saturated rings.